The maximum Gasteiger partial charge on any atom is 0.186 e. The van der Waals surface area contributed by atoms with Gasteiger partial charge in [-0.1, -0.05) is 16.8 Å². The summed E-state index contributed by atoms with van der Waals surface area (Å²) in [5, 5.41) is 3.55. The summed E-state index contributed by atoms with van der Waals surface area (Å²) in [5.74, 6) is 0.164. The van der Waals surface area contributed by atoms with Gasteiger partial charge < -0.3 is 10.3 Å². The van der Waals surface area contributed by atoms with Crippen molar-refractivity contribution in [2.45, 2.75) is 6.92 Å². The van der Waals surface area contributed by atoms with Crippen LogP contribution in [-0.2, 0) is 0 Å². The van der Waals surface area contributed by atoms with Crippen LogP contribution in [0.25, 0.3) is 11.3 Å². The second-order valence-corrected chi connectivity index (χ2v) is 3.99. The summed E-state index contributed by atoms with van der Waals surface area (Å²) in [5.41, 5.74) is 6.78. The van der Waals surface area contributed by atoms with Crippen molar-refractivity contribution < 1.29 is 8.91 Å². The van der Waals surface area contributed by atoms with Gasteiger partial charge in [0.1, 0.15) is 10.3 Å². The monoisotopic (exact) mass is 270 g/mol. The Morgan fingerprint density at radius 2 is 2.20 bits per heavy atom. The third-order valence-corrected chi connectivity index (χ3v) is 2.79. The Kier molecular flexibility index (Phi) is 2.48. The van der Waals surface area contributed by atoms with Gasteiger partial charge >= 0.3 is 0 Å². The maximum absolute atomic E-state index is 13.5. The molecule has 0 radical (unpaired) electrons. The highest BCUT2D eigenvalue weighted by molar-refractivity contribution is 9.10. The van der Waals surface area contributed by atoms with Gasteiger partial charge in [0.05, 0.1) is 5.56 Å². The molecular formula is C10H8BrFN2O. The van der Waals surface area contributed by atoms with Crippen molar-refractivity contribution in [3.05, 3.63) is 34.1 Å². The molecule has 0 atom stereocenters. The van der Waals surface area contributed by atoms with Crippen molar-refractivity contribution in [1.29, 1.82) is 0 Å². The summed E-state index contributed by atoms with van der Waals surface area (Å²) in [7, 11) is 0. The molecule has 3 nitrogen and oxygen atoms in total. The average Bonchev–Trinajstić information content (AvgIpc) is 2.52. The Morgan fingerprint density at radius 3 is 2.80 bits per heavy atom. The molecule has 5 heteroatoms. The summed E-state index contributed by atoms with van der Waals surface area (Å²) in [6.07, 6.45) is 0. The van der Waals surface area contributed by atoms with Crippen molar-refractivity contribution in [2.75, 3.05) is 5.73 Å². The van der Waals surface area contributed by atoms with Gasteiger partial charge in [-0.2, -0.15) is 0 Å². The van der Waals surface area contributed by atoms with Crippen LogP contribution in [0, 0.1) is 12.7 Å². The highest BCUT2D eigenvalue weighted by atomic mass is 79.9. The number of nitrogen functional groups attached to an aromatic ring is 1. The van der Waals surface area contributed by atoms with E-state index >= 15 is 0 Å². The van der Waals surface area contributed by atoms with Crippen molar-refractivity contribution >= 4 is 21.7 Å². The van der Waals surface area contributed by atoms with Crippen molar-refractivity contribution in [1.82, 2.24) is 5.16 Å². The Balaban J connectivity index is 2.63. The van der Waals surface area contributed by atoms with Gasteiger partial charge in [0.25, 0.3) is 0 Å². The molecule has 2 aromatic rings. The second-order valence-electron chi connectivity index (χ2n) is 3.19. The number of anilines is 1. The van der Waals surface area contributed by atoms with Gasteiger partial charge in [-0.05, 0) is 35.0 Å². The smallest absolute Gasteiger partial charge is 0.186 e. The molecule has 2 rings (SSSR count). The first-order valence-corrected chi connectivity index (χ1v) is 5.06. The van der Waals surface area contributed by atoms with Gasteiger partial charge in [0, 0.05) is 0 Å². The second kappa shape index (κ2) is 3.66. The molecule has 0 saturated carbocycles. The zero-order valence-corrected chi connectivity index (χ0v) is 9.51. The molecule has 0 aliphatic carbocycles. The summed E-state index contributed by atoms with van der Waals surface area (Å²) < 4.78 is 18.9. The van der Waals surface area contributed by atoms with E-state index in [9.17, 15) is 4.39 Å². The lowest BCUT2D eigenvalue weighted by atomic mass is 10.1. The third-order valence-electron chi connectivity index (χ3n) is 2.03. The molecule has 1 aromatic heterocycles. The number of benzene rings is 1. The van der Waals surface area contributed by atoms with Crippen LogP contribution in [0.4, 0.5) is 10.2 Å². The Morgan fingerprint density at radius 1 is 1.47 bits per heavy atom. The molecule has 2 N–H and O–H groups in total. The van der Waals surface area contributed by atoms with Gasteiger partial charge in [-0.15, -0.1) is 0 Å². The van der Waals surface area contributed by atoms with Crippen molar-refractivity contribution in [3.63, 3.8) is 0 Å². The van der Waals surface area contributed by atoms with Gasteiger partial charge in [0.2, 0.25) is 0 Å². The largest absolute Gasteiger partial charge is 0.380 e. The minimum atomic E-state index is -0.363. The molecular weight excluding hydrogens is 263 g/mol. The van der Waals surface area contributed by atoms with Crippen LogP contribution in [-0.4, -0.2) is 5.16 Å². The lowest BCUT2D eigenvalue weighted by molar-refractivity contribution is 0.433. The molecule has 0 spiro atoms. The Labute approximate surface area is 94.2 Å². The van der Waals surface area contributed by atoms with Crippen LogP contribution >= 0.6 is 15.9 Å². The zero-order valence-electron chi connectivity index (χ0n) is 7.92. The molecule has 0 unspecified atom stereocenters. The fourth-order valence-electron chi connectivity index (χ4n) is 1.27. The van der Waals surface area contributed by atoms with Crippen LogP contribution in [0.1, 0.15) is 5.56 Å². The molecule has 15 heavy (non-hydrogen) atoms. The van der Waals surface area contributed by atoms with Crippen LogP contribution in [0.5, 0.6) is 0 Å². The average molecular weight is 271 g/mol. The predicted octanol–water partition coefficient (Wildman–Crippen LogP) is 3.13. The summed E-state index contributed by atoms with van der Waals surface area (Å²) in [6, 6.07) is 4.75. The summed E-state index contributed by atoms with van der Waals surface area (Å²) >= 11 is 3.20. The summed E-state index contributed by atoms with van der Waals surface area (Å²) in [6.45, 7) is 1.87. The molecule has 0 saturated heterocycles. The number of aryl methyl sites for hydroxylation is 1. The van der Waals surface area contributed by atoms with E-state index in [1.54, 1.807) is 12.1 Å². The maximum atomic E-state index is 13.5. The third kappa shape index (κ3) is 1.74. The van der Waals surface area contributed by atoms with Crippen LogP contribution in [0.2, 0.25) is 0 Å². The highest BCUT2D eigenvalue weighted by Crippen LogP contribution is 2.34. The van der Waals surface area contributed by atoms with E-state index in [2.05, 4.69) is 21.1 Å². The number of halogens is 2. The number of hydrogen-bond acceptors (Lipinski definition) is 3. The van der Waals surface area contributed by atoms with Gasteiger partial charge in [-0.25, -0.2) is 4.39 Å². The zero-order chi connectivity index (χ0) is 11.0. The predicted molar refractivity (Wildman–Crippen MR) is 58.7 cm³/mol. The molecule has 0 fully saturated rings. The number of rotatable bonds is 1. The lowest BCUT2D eigenvalue weighted by Crippen LogP contribution is -1.86. The van der Waals surface area contributed by atoms with Crippen LogP contribution in [0.15, 0.2) is 27.2 Å². The number of nitrogens with two attached hydrogens (primary N) is 1. The molecule has 0 aliphatic rings. The first kappa shape index (κ1) is 10.2. The van der Waals surface area contributed by atoms with Crippen LogP contribution in [0.3, 0.4) is 0 Å². The highest BCUT2D eigenvalue weighted by Gasteiger charge is 2.16. The topological polar surface area (TPSA) is 52.0 Å². The Hall–Kier alpha value is -1.36. The molecule has 0 amide bonds. The fourth-order valence-corrected chi connectivity index (χ4v) is 1.63. The molecule has 0 aliphatic heterocycles. The van der Waals surface area contributed by atoms with E-state index in [1.165, 1.54) is 6.07 Å². The minimum absolute atomic E-state index is 0.214. The number of aromatic nitrogens is 1. The molecule has 1 aromatic carbocycles. The summed E-state index contributed by atoms with van der Waals surface area (Å²) in [4.78, 5) is 0. The Bertz CT molecular complexity index is 510. The minimum Gasteiger partial charge on any atom is -0.380 e. The molecule has 78 valence electrons. The van der Waals surface area contributed by atoms with Crippen LogP contribution < -0.4 is 5.73 Å². The molecule has 0 bridgehead atoms. The SMILES string of the molecule is Cc1ccc(F)c(-c2onc(N)c2Br)c1. The van der Waals surface area contributed by atoms with Crippen molar-refractivity contribution in [2.24, 2.45) is 0 Å². The standard InChI is InChI=1S/C10H8BrFN2O/c1-5-2-3-7(12)6(4-5)9-8(11)10(13)14-15-9/h2-4H,1H3,(H2,13,14). The number of hydrogen-bond donors (Lipinski definition) is 1. The van der Waals surface area contributed by atoms with E-state index in [0.29, 0.717) is 15.8 Å². The van der Waals surface area contributed by atoms with Gasteiger partial charge in [0.15, 0.2) is 11.6 Å². The lowest BCUT2D eigenvalue weighted by Gasteiger charge is -2.00. The first-order chi connectivity index (χ1) is 7.09. The van der Waals surface area contributed by atoms with E-state index in [-0.39, 0.29) is 11.6 Å². The van der Waals surface area contributed by atoms with E-state index in [0.717, 1.165) is 5.56 Å². The first-order valence-electron chi connectivity index (χ1n) is 4.26. The fraction of sp³-hybridized carbons (Fsp3) is 0.100. The van der Waals surface area contributed by atoms with E-state index < -0.39 is 0 Å². The molecule has 1 heterocycles. The van der Waals surface area contributed by atoms with E-state index in [1.807, 2.05) is 6.92 Å². The quantitative estimate of drug-likeness (QED) is 0.866. The number of nitrogens with zero attached hydrogens (tertiary/aromatic N) is 1. The van der Waals surface area contributed by atoms with E-state index in [4.69, 9.17) is 10.3 Å². The van der Waals surface area contributed by atoms with Crippen molar-refractivity contribution in [3.8, 4) is 11.3 Å². The normalized spacial score (nSPS) is 10.6. The van der Waals surface area contributed by atoms with Gasteiger partial charge in [-0.3, -0.25) is 0 Å².